The van der Waals surface area contributed by atoms with Gasteiger partial charge >= 0.3 is 0 Å². The molecule has 16 heavy (non-hydrogen) atoms. The molecule has 0 radical (unpaired) electrons. The van der Waals surface area contributed by atoms with Crippen molar-refractivity contribution in [1.29, 1.82) is 0 Å². The van der Waals surface area contributed by atoms with Crippen molar-refractivity contribution in [2.45, 2.75) is 58.8 Å². The van der Waals surface area contributed by atoms with Gasteiger partial charge in [-0.3, -0.25) is 4.79 Å². The van der Waals surface area contributed by atoms with E-state index in [0.29, 0.717) is 12.3 Å². The molecule has 0 heterocycles. The van der Waals surface area contributed by atoms with Gasteiger partial charge in [0.15, 0.2) is 0 Å². The van der Waals surface area contributed by atoms with Crippen molar-refractivity contribution >= 4 is 17.5 Å². The normalized spacial score (nSPS) is 10.4. The molecule has 0 N–H and O–H groups in total. The van der Waals surface area contributed by atoms with Crippen LogP contribution in [0.5, 0.6) is 0 Å². The van der Waals surface area contributed by atoms with E-state index >= 15 is 0 Å². The van der Waals surface area contributed by atoms with Gasteiger partial charge in [-0.15, -0.1) is 11.6 Å². The number of hydrogen-bond donors (Lipinski definition) is 0. The summed E-state index contributed by atoms with van der Waals surface area (Å²) in [5.74, 6) is 0.666. The van der Waals surface area contributed by atoms with E-state index in [1.807, 2.05) is 4.90 Å². The predicted octanol–water partition coefficient (Wildman–Crippen LogP) is 3.82. The second-order valence-electron chi connectivity index (χ2n) is 4.23. The lowest BCUT2D eigenvalue weighted by Gasteiger charge is -2.22. The fourth-order valence-corrected chi connectivity index (χ4v) is 1.87. The van der Waals surface area contributed by atoms with Gasteiger partial charge in [-0.25, -0.2) is 0 Å². The molecule has 0 bridgehead atoms. The second kappa shape index (κ2) is 11.3. The number of rotatable bonds is 10. The van der Waals surface area contributed by atoms with Gasteiger partial charge < -0.3 is 4.90 Å². The Morgan fingerprint density at radius 1 is 1.00 bits per heavy atom. The van der Waals surface area contributed by atoms with E-state index in [1.54, 1.807) is 0 Å². The number of unbranched alkanes of at least 4 members (excludes halogenated alkanes) is 4. The molecule has 0 fully saturated rings. The lowest BCUT2D eigenvalue weighted by molar-refractivity contribution is -0.130. The number of carbonyl (C=O) groups excluding carboxylic acids is 1. The van der Waals surface area contributed by atoms with E-state index in [4.69, 9.17) is 11.6 Å². The number of nitrogens with zero attached hydrogens (tertiary/aromatic N) is 1. The molecule has 0 aromatic rings. The highest BCUT2D eigenvalue weighted by molar-refractivity contribution is 6.18. The first-order chi connectivity index (χ1) is 7.76. The average molecular weight is 248 g/mol. The molecule has 0 saturated carbocycles. The van der Waals surface area contributed by atoms with Crippen LogP contribution in [0.3, 0.4) is 0 Å². The molecule has 0 rings (SSSR count). The summed E-state index contributed by atoms with van der Waals surface area (Å²) in [6.07, 6.45) is 7.54. The molecular weight excluding hydrogens is 222 g/mol. The molecule has 0 aromatic carbocycles. The highest BCUT2D eigenvalue weighted by Crippen LogP contribution is 2.05. The van der Waals surface area contributed by atoms with E-state index in [9.17, 15) is 4.79 Å². The summed E-state index contributed by atoms with van der Waals surface area (Å²) >= 11 is 5.62. The van der Waals surface area contributed by atoms with Gasteiger partial charge in [-0.2, -0.15) is 0 Å². The van der Waals surface area contributed by atoms with Crippen LogP contribution in [-0.4, -0.2) is 29.8 Å². The maximum Gasteiger partial charge on any atom is 0.223 e. The highest BCUT2D eigenvalue weighted by atomic mass is 35.5. The van der Waals surface area contributed by atoms with Crippen LogP contribution in [0.2, 0.25) is 0 Å². The minimum atomic E-state index is 0.224. The minimum Gasteiger partial charge on any atom is -0.343 e. The summed E-state index contributed by atoms with van der Waals surface area (Å²) in [5.41, 5.74) is 0. The van der Waals surface area contributed by atoms with Gasteiger partial charge in [0.25, 0.3) is 0 Å². The van der Waals surface area contributed by atoms with Crippen LogP contribution in [0, 0.1) is 0 Å². The summed E-state index contributed by atoms with van der Waals surface area (Å²) in [7, 11) is 0. The summed E-state index contributed by atoms with van der Waals surface area (Å²) in [4.78, 5) is 13.8. The number of hydrogen-bond acceptors (Lipinski definition) is 1. The van der Waals surface area contributed by atoms with Crippen LogP contribution in [-0.2, 0) is 4.79 Å². The first-order valence-electron chi connectivity index (χ1n) is 6.60. The highest BCUT2D eigenvalue weighted by Gasteiger charge is 2.11. The first-order valence-corrected chi connectivity index (χ1v) is 7.13. The Labute approximate surface area is 105 Å². The number of amides is 1. The van der Waals surface area contributed by atoms with E-state index < -0.39 is 0 Å². The Morgan fingerprint density at radius 2 is 1.50 bits per heavy atom. The van der Waals surface area contributed by atoms with Gasteiger partial charge in [-0.1, -0.05) is 39.5 Å². The minimum absolute atomic E-state index is 0.224. The lowest BCUT2D eigenvalue weighted by atomic mass is 10.2. The Kier molecular flexibility index (Phi) is 11.1. The largest absolute Gasteiger partial charge is 0.343 e. The SMILES string of the molecule is CCCCCN(CCCCC)C(=O)CCCl. The quantitative estimate of drug-likeness (QED) is 0.425. The number of carbonyl (C=O) groups is 1. The molecule has 0 aliphatic carbocycles. The Hall–Kier alpha value is -0.240. The molecule has 1 amide bonds. The van der Waals surface area contributed by atoms with Crippen LogP contribution in [0.4, 0.5) is 0 Å². The summed E-state index contributed by atoms with van der Waals surface area (Å²) in [6, 6.07) is 0. The van der Waals surface area contributed by atoms with Crippen molar-refractivity contribution < 1.29 is 4.79 Å². The fourth-order valence-electron chi connectivity index (χ4n) is 1.71. The van der Waals surface area contributed by atoms with Gasteiger partial charge in [0, 0.05) is 25.4 Å². The van der Waals surface area contributed by atoms with Gasteiger partial charge in [-0.05, 0) is 12.8 Å². The summed E-state index contributed by atoms with van der Waals surface area (Å²) < 4.78 is 0. The van der Waals surface area contributed by atoms with Crippen LogP contribution in [0.25, 0.3) is 0 Å². The monoisotopic (exact) mass is 247 g/mol. The summed E-state index contributed by atoms with van der Waals surface area (Å²) in [5, 5.41) is 0. The standard InChI is InChI=1S/C13H26ClNO/c1-3-5-7-11-15(12-8-6-4-2)13(16)9-10-14/h3-12H2,1-2H3. The third kappa shape index (κ3) is 7.98. The lowest BCUT2D eigenvalue weighted by Crippen LogP contribution is -2.33. The molecule has 0 atom stereocenters. The van der Waals surface area contributed by atoms with Crippen LogP contribution in [0.1, 0.15) is 58.8 Å². The maximum atomic E-state index is 11.8. The van der Waals surface area contributed by atoms with Gasteiger partial charge in [0.1, 0.15) is 0 Å². The van der Waals surface area contributed by atoms with Crippen molar-refractivity contribution in [1.82, 2.24) is 4.90 Å². The Morgan fingerprint density at radius 3 is 1.88 bits per heavy atom. The summed E-state index contributed by atoms with van der Waals surface area (Å²) in [6.45, 7) is 6.19. The molecule has 0 aliphatic rings. The van der Waals surface area contributed by atoms with Crippen LogP contribution in [0.15, 0.2) is 0 Å². The zero-order valence-electron chi connectivity index (χ0n) is 10.8. The third-order valence-electron chi connectivity index (χ3n) is 2.72. The van der Waals surface area contributed by atoms with E-state index in [-0.39, 0.29) is 5.91 Å². The maximum absolute atomic E-state index is 11.8. The fraction of sp³-hybridized carbons (Fsp3) is 0.923. The molecule has 0 spiro atoms. The zero-order chi connectivity index (χ0) is 12.2. The smallest absolute Gasteiger partial charge is 0.223 e. The van der Waals surface area contributed by atoms with Crippen molar-refractivity contribution in [2.75, 3.05) is 19.0 Å². The second-order valence-corrected chi connectivity index (χ2v) is 4.61. The number of halogens is 1. The zero-order valence-corrected chi connectivity index (χ0v) is 11.6. The first kappa shape index (κ1) is 15.8. The Bertz CT molecular complexity index is 163. The molecule has 3 heteroatoms. The average Bonchev–Trinajstić information content (AvgIpc) is 2.28. The Balaban J connectivity index is 3.89. The van der Waals surface area contributed by atoms with Crippen molar-refractivity contribution in [3.63, 3.8) is 0 Å². The van der Waals surface area contributed by atoms with E-state index in [1.165, 1.54) is 25.7 Å². The topological polar surface area (TPSA) is 20.3 Å². The molecule has 0 saturated heterocycles. The predicted molar refractivity (Wildman–Crippen MR) is 71.0 cm³/mol. The molecule has 96 valence electrons. The number of alkyl halides is 1. The van der Waals surface area contributed by atoms with Gasteiger partial charge in [0.2, 0.25) is 5.91 Å². The molecule has 2 nitrogen and oxygen atoms in total. The van der Waals surface area contributed by atoms with E-state index in [0.717, 1.165) is 25.9 Å². The third-order valence-corrected chi connectivity index (χ3v) is 2.91. The van der Waals surface area contributed by atoms with Crippen LogP contribution >= 0.6 is 11.6 Å². The van der Waals surface area contributed by atoms with Crippen LogP contribution < -0.4 is 0 Å². The molecule has 0 aromatic heterocycles. The van der Waals surface area contributed by atoms with Crippen molar-refractivity contribution in [3.05, 3.63) is 0 Å². The van der Waals surface area contributed by atoms with Crippen molar-refractivity contribution in [2.24, 2.45) is 0 Å². The molecule has 0 unspecified atom stereocenters. The van der Waals surface area contributed by atoms with Crippen molar-refractivity contribution in [3.8, 4) is 0 Å². The molecule has 0 aliphatic heterocycles. The van der Waals surface area contributed by atoms with E-state index in [2.05, 4.69) is 13.8 Å². The molecular formula is C13H26ClNO. The van der Waals surface area contributed by atoms with Gasteiger partial charge in [0.05, 0.1) is 0 Å².